The minimum Gasteiger partial charge on any atom is -0.344 e. The lowest BCUT2D eigenvalue weighted by atomic mass is 9.73. The van der Waals surface area contributed by atoms with Crippen LogP contribution in [0.2, 0.25) is 0 Å². The van der Waals surface area contributed by atoms with E-state index in [9.17, 15) is 14.0 Å². The van der Waals surface area contributed by atoms with E-state index in [1.165, 1.54) is 17.4 Å². The van der Waals surface area contributed by atoms with Gasteiger partial charge in [-0.15, -0.1) is 0 Å². The fourth-order valence-electron chi connectivity index (χ4n) is 4.49. The molecule has 4 unspecified atom stereocenters. The van der Waals surface area contributed by atoms with Crippen LogP contribution in [-0.4, -0.2) is 37.0 Å². The Kier molecular flexibility index (Phi) is 4.46. The molecule has 1 saturated carbocycles. The Morgan fingerprint density at radius 2 is 2.08 bits per heavy atom. The summed E-state index contributed by atoms with van der Waals surface area (Å²) in [6, 6.07) is 5.97. The zero-order valence-corrected chi connectivity index (χ0v) is 14.2. The Bertz CT molecular complexity index is 672. The van der Waals surface area contributed by atoms with Gasteiger partial charge in [-0.05, 0) is 56.7 Å². The molecule has 3 heterocycles. The third-order valence-corrected chi connectivity index (χ3v) is 5.86. The molecule has 2 bridgehead atoms. The molecule has 0 aromatic heterocycles. The van der Waals surface area contributed by atoms with Crippen molar-refractivity contribution in [3.05, 3.63) is 30.1 Å². The lowest BCUT2D eigenvalue weighted by Gasteiger charge is -2.43. The lowest BCUT2D eigenvalue weighted by molar-refractivity contribution is -0.133. The van der Waals surface area contributed by atoms with E-state index >= 15 is 0 Å². The molecule has 1 aromatic carbocycles. The van der Waals surface area contributed by atoms with Gasteiger partial charge in [0.05, 0.1) is 11.6 Å². The van der Waals surface area contributed by atoms with Crippen LogP contribution >= 0.6 is 0 Å². The molecule has 1 aromatic rings. The van der Waals surface area contributed by atoms with Crippen LogP contribution in [0.4, 0.5) is 10.1 Å². The molecule has 5 nitrogen and oxygen atoms in total. The second-order valence-electron chi connectivity index (χ2n) is 7.45. The number of carbonyl (C=O) groups excluding carboxylic acids is 2. The lowest BCUT2D eigenvalue weighted by Crippen LogP contribution is -2.59. The van der Waals surface area contributed by atoms with Crippen molar-refractivity contribution in [2.75, 3.05) is 18.0 Å². The average molecular weight is 345 g/mol. The van der Waals surface area contributed by atoms with Gasteiger partial charge in [0.15, 0.2) is 0 Å². The van der Waals surface area contributed by atoms with Crippen molar-refractivity contribution in [3.8, 4) is 0 Å². The standard InChI is InChI=1S/C19H24FN3O2/c20-14-4-1-2-6-17(14)23-9-3-5-16(19(23)25)22-18(24)13-10-12-7-8-15(13)21-11-12/h1-2,4,6,12-13,15-16,21H,3,5,7-11H2,(H,22,24). The highest BCUT2D eigenvalue weighted by molar-refractivity contribution is 6.00. The van der Waals surface area contributed by atoms with Gasteiger partial charge in [0.2, 0.25) is 11.8 Å². The molecular formula is C19H24FN3O2. The first-order valence-corrected chi connectivity index (χ1v) is 9.23. The van der Waals surface area contributed by atoms with Crippen LogP contribution in [0.3, 0.4) is 0 Å². The van der Waals surface area contributed by atoms with Gasteiger partial charge in [0.1, 0.15) is 11.9 Å². The van der Waals surface area contributed by atoms with Crippen molar-refractivity contribution in [2.45, 2.75) is 44.2 Å². The molecule has 134 valence electrons. The van der Waals surface area contributed by atoms with E-state index in [-0.39, 0.29) is 23.8 Å². The van der Waals surface area contributed by atoms with Crippen LogP contribution in [0, 0.1) is 17.7 Å². The molecule has 2 N–H and O–H groups in total. The normalized spacial score (nSPS) is 31.9. The second kappa shape index (κ2) is 6.75. The number of nitrogens with one attached hydrogen (secondary N) is 2. The molecule has 0 radical (unpaired) electrons. The fraction of sp³-hybridized carbons (Fsp3) is 0.579. The quantitative estimate of drug-likeness (QED) is 0.879. The topological polar surface area (TPSA) is 61.4 Å². The first kappa shape index (κ1) is 16.5. The maximum atomic E-state index is 14.0. The molecule has 3 aliphatic heterocycles. The molecule has 3 saturated heterocycles. The third-order valence-electron chi connectivity index (χ3n) is 5.86. The predicted molar refractivity (Wildman–Crippen MR) is 92.5 cm³/mol. The number of benzene rings is 1. The predicted octanol–water partition coefficient (Wildman–Crippen LogP) is 1.83. The summed E-state index contributed by atoms with van der Waals surface area (Å²) in [6.45, 7) is 1.49. The third kappa shape index (κ3) is 3.15. The fourth-order valence-corrected chi connectivity index (χ4v) is 4.49. The van der Waals surface area contributed by atoms with Crippen LogP contribution < -0.4 is 15.5 Å². The van der Waals surface area contributed by atoms with Gasteiger partial charge in [-0.1, -0.05) is 12.1 Å². The molecule has 6 heteroatoms. The van der Waals surface area contributed by atoms with E-state index in [0.717, 1.165) is 25.8 Å². The van der Waals surface area contributed by atoms with E-state index < -0.39 is 11.9 Å². The summed E-state index contributed by atoms with van der Waals surface area (Å²) in [5.74, 6) is -0.132. The molecule has 1 aliphatic carbocycles. The molecule has 4 fully saturated rings. The van der Waals surface area contributed by atoms with Crippen LogP contribution in [-0.2, 0) is 9.59 Å². The molecule has 4 aliphatic rings. The van der Waals surface area contributed by atoms with E-state index in [4.69, 9.17) is 0 Å². The Hall–Kier alpha value is -1.95. The van der Waals surface area contributed by atoms with E-state index in [1.807, 2.05) is 0 Å². The van der Waals surface area contributed by atoms with Gasteiger partial charge in [0.25, 0.3) is 0 Å². The van der Waals surface area contributed by atoms with Crippen molar-refractivity contribution in [3.63, 3.8) is 0 Å². The monoisotopic (exact) mass is 345 g/mol. The van der Waals surface area contributed by atoms with E-state index in [1.54, 1.807) is 18.2 Å². The molecule has 5 rings (SSSR count). The molecule has 25 heavy (non-hydrogen) atoms. The van der Waals surface area contributed by atoms with Gasteiger partial charge in [-0.2, -0.15) is 0 Å². The molecule has 0 spiro atoms. The number of hydrogen-bond acceptors (Lipinski definition) is 3. The summed E-state index contributed by atoms with van der Waals surface area (Å²) in [4.78, 5) is 27.0. The summed E-state index contributed by atoms with van der Waals surface area (Å²) in [5.41, 5.74) is 0.296. The maximum Gasteiger partial charge on any atom is 0.249 e. The Labute approximate surface area is 147 Å². The average Bonchev–Trinajstić information content (AvgIpc) is 2.65. The molecule has 2 amide bonds. The van der Waals surface area contributed by atoms with E-state index in [0.29, 0.717) is 24.6 Å². The highest BCUT2D eigenvalue weighted by Gasteiger charge is 2.41. The zero-order chi connectivity index (χ0) is 17.4. The Morgan fingerprint density at radius 1 is 1.24 bits per heavy atom. The number of halogens is 1. The number of hydrogen-bond donors (Lipinski definition) is 2. The number of amides is 2. The summed E-state index contributed by atoms with van der Waals surface area (Å²) in [7, 11) is 0. The number of anilines is 1. The summed E-state index contributed by atoms with van der Waals surface area (Å²) in [5, 5.41) is 6.38. The first-order valence-electron chi connectivity index (χ1n) is 9.23. The summed E-state index contributed by atoms with van der Waals surface area (Å²) >= 11 is 0. The zero-order valence-electron chi connectivity index (χ0n) is 14.2. The summed E-state index contributed by atoms with van der Waals surface area (Å²) in [6.07, 6.45) is 4.48. The van der Waals surface area contributed by atoms with Crippen molar-refractivity contribution in [2.24, 2.45) is 11.8 Å². The van der Waals surface area contributed by atoms with Crippen LogP contribution in [0.5, 0.6) is 0 Å². The number of nitrogens with zero attached hydrogens (tertiary/aromatic N) is 1. The minimum absolute atomic E-state index is 0.0318. The van der Waals surface area contributed by atoms with Gasteiger partial charge >= 0.3 is 0 Å². The van der Waals surface area contributed by atoms with Crippen molar-refractivity contribution >= 4 is 17.5 Å². The van der Waals surface area contributed by atoms with Crippen molar-refractivity contribution in [1.29, 1.82) is 0 Å². The van der Waals surface area contributed by atoms with Crippen LogP contribution in [0.25, 0.3) is 0 Å². The van der Waals surface area contributed by atoms with Gasteiger partial charge in [0, 0.05) is 12.6 Å². The maximum absolute atomic E-state index is 14.0. The highest BCUT2D eigenvalue weighted by Crippen LogP contribution is 2.34. The Balaban J connectivity index is 1.45. The molecular weight excluding hydrogens is 321 g/mol. The number of fused-ring (bicyclic) bond motifs is 3. The van der Waals surface area contributed by atoms with Gasteiger partial charge < -0.3 is 15.5 Å². The number of carbonyl (C=O) groups is 2. The smallest absolute Gasteiger partial charge is 0.249 e. The van der Waals surface area contributed by atoms with Gasteiger partial charge in [-0.3, -0.25) is 9.59 Å². The van der Waals surface area contributed by atoms with Crippen LogP contribution in [0.1, 0.15) is 32.1 Å². The minimum atomic E-state index is -0.554. The number of piperidine rings is 3. The highest BCUT2D eigenvalue weighted by atomic mass is 19.1. The van der Waals surface area contributed by atoms with Gasteiger partial charge in [-0.25, -0.2) is 4.39 Å². The first-order chi connectivity index (χ1) is 12.1. The molecule has 4 atom stereocenters. The number of rotatable bonds is 3. The largest absolute Gasteiger partial charge is 0.344 e. The summed E-state index contributed by atoms with van der Waals surface area (Å²) < 4.78 is 14.0. The number of para-hydroxylation sites is 1. The van der Waals surface area contributed by atoms with Crippen molar-refractivity contribution < 1.29 is 14.0 Å². The Morgan fingerprint density at radius 3 is 2.76 bits per heavy atom. The van der Waals surface area contributed by atoms with Crippen LogP contribution in [0.15, 0.2) is 24.3 Å². The van der Waals surface area contributed by atoms with E-state index in [2.05, 4.69) is 10.6 Å². The second-order valence-corrected chi connectivity index (χ2v) is 7.45. The SMILES string of the molecule is O=C(NC1CCCN(c2ccccc2F)C1=O)C1CC2CCC1NC2. The van der Waals surface area contributed by atoms with Crippen molar-refractivity contribution in [1.82, 2.24) is 10.6 Å².